The molecule has 1 aliphatic heterocycles. The Kier molecular flexibility index (Phi) is 6.44. The highest BCUT2D eigenvalue weighted by Gasteiger charge is 2.53. The molecule has 1 saturated heterocycles. The van der Waals surface area contributed by atoms with Crippen molar-refractivity contribution in [3.8, 4) is 0 Å². The fourth-order valence-electron chi connectivity index (χ4n) is 2.64. The van der Waals surface area contributed by atoms with Gasteiger partial charge in [0.15, 0.2) is 0 Å². The Bertz CT molecular complexity index is 664. The third-order valence-corrected chi connectivity index (χ3v) is 5.53. The summed E-state index contributed by atoms with van der Waals surface area (Å²) in [5.74, 6) is 0. The van der Waals surface area contributed by atoms with Crippen molar-refractivity contribution in [2.45, 2.75) is 71.7 Å². The molecule has 1 aliphatic rings. The van der Waals surface area contributed by atoms with Gasteiger partial charge in [-0.05, 0) is 72.1 Å². The Labute approximate surface area is 165 Å². The molecule has 1 aromatic carbocycles. The summed E-state index contributed by atoms with van der Waals surface area (Å²) in [6, 6.07) is 7.59. The Morgan fingerprint density at radius 1 is 1.12 bits per heavy atom. The third kappa shape index (κ3) is 4.97. The third-order valence-electron chi connectivity index (χ3n) is 4.83. The summed E-state index contributed by atoms with van der Waals surface area (Å²) in [7, 11) is -1.02. The van der Waals surface area contributed by atoms with Gasteiger partial charge in [0, 0.05) is 4.47 Å². The van der Waals surface area contributed by atoms with Gasteiger partial charge in [-0.15, -0.1) is 0 Å². The average molecular weight is 427 g/mol. The normalized spacial score (nSPS) is 20.3. The van der Waals surface area contributed by atoms with E-state index in [0.29, 0.717) is 18.6 Å². The first kappa shape index (κ1) is 21.6. The van der Waals surface area contributed by atoms with Crippen molar-refractivity contribution in [2.75, 3.05) is 6.61 Å². The first-order valence-corrected chi connectivity index (χ1v) is 9.76. The molecule has 0 bridgehead atoms. The van der Waals surface area contributed by atoms with Gasteiger partial charge >= 0.3 is 7.12 Å². The molecule has 0 unspecified atom stereocenters. The first-order valence-electron chi connectivity index (χ1n) is 8.97. The lowest BCUT2D eigenvalue weighted by Gasteiger charge is -2.32. The lowest BCUT2D eigenvalue weighted by Crippen LogP contribution is -2.41. The second kappa shape index (κ2) is 7.74. The molecular formula is C20H29BBrFO3. The van der Waals surface area contributed by atoms with E-state index >= 15 is 4.39 Å². The maximum absolute atomic E-state index is 15.5. The van der Waals surface area contributed by atoms with Gasteiger partial charge in [-0.1, -0.05) is 34.1 Å². The van der Waals surface area contributed by atoms with Crippen LogP contribution in [0.15, 0.2) is 34.5 Å². The van der Waals surface area contributed by atoms with Gasteiger partial charge < -0.3 is 14.0 Å². The number of hydrogen-bond donors (Lipinski definition) is 0. The predicted octanol–water partition coefficient (Wildman–Crippen LogP) is 5.97. The molecule has 1 heterocycles. The molecule has 0 amide bonds. The Morgan fingerprint density at radius 3 is 2.15 bits per heavy atom. The lowest BCUT2D eigenvalue weighted by atomic mass is 9.82. The molecule has 0 radical (unpaired) electrons. The Morgan fingerprint density at radius 2 is 1.65 bits per heavy atom. The van der Waals surface area contributed by atoms with Gasteiger partial charge in [0.1, 0.15) is 5.73 Å². The van der Waals surface area contributed by atoms with Crippen LogP contribution in [0.2, 0.25) is 0 Å². The molecule has 26 heavy (non-hydrogen) atoms. The quantitative estimate of drug-likeness (QED) is 0.543. The maximum Gasteiger partial charge on any atom is 0.525 e. The highest BCUT2D eigenvalue weighted by molar-refractivity contribution is 9.10. The molecule has 2 rings (SSSR count). The van der Waals surface area contributed by atoms with Crippen LogP contribution >= 0.6 is 15.9 Å². The molecule has 0 aliphatic carbocycles. The molecule has 0 N–H and O–H groups in total. The molecule has 0 spiro atoms. The molecule has 6 heteroatoms. The summed E-state index contributed by atoms with van der Waals surface area (Å²) in [5, 5.41) is 0. The fourth-order valence-corrected chi connectivity index (χ4v) is 3.16. The van der Waals surface area contributed by atoms with Crippen LogP contribution in [-0.4, -0.2) is 30.5 Å². The highest BCUT2D eigenvalue weighted by atomic mass is 79.9. The van der Waals surface area contributed by atoms with E-state index in [1.54, 1.807) is 0 Å². The number of halogens is 2. The molecule has 0 saturated carbocycles. The van der Waals surface area contributed by atoms with Crippen LogP contribution in [0.25, 0.3) is 5.57 Å². The van der Waals surface area contributed by atoms with Gasteiger partial charge in [0.2, 0.25) is 0 Å². The van der Waals surface area contributed by atoms with Gasteiger partial charge in [0.05, 0.1) is 23.4 Å². The Hall–Kier alpha value is -0.685. The molecule has 0 atom stereocenters. The Balaban J connectivity index is 2.36. The minimum atomic E-state index is -1.02. The fraction of sp³-hybridized carbons (Fsp3) is 0.600. The summed E-state index contributed by atoms with van der Waals surface area (Å²) < 4.78 is 34.0. The van der Waals surface area contributed by atoms with Gasteiger partial charge in [-0.3, -0.25) is 0 Å². The van der Waals surface area contributed by atoms with Crippen LogP contribution in [0.1, 0.15) is 60.5 Å². The summed E-state index contributed by atoms with van der Waals surface area (Å²) in [4.78, 5) is 0. The van der Waals surface area contributed by atoms with E-state index in [1.807, 2.05) is 72.7 Å². The van der Waals surface area contributed by atoms with Crippen molar-refractivity contribution in [1.29, 1.82) is 0 Å². The SMILES string of the molecule is CC(C)(C)OCCC(=C(F)B1OC(C)(C)C(C)(C)O1)c1ccccc1Br. The van der Waals surface area contributed by atoms with E-state index < -0.39 is 24.0 Å². The maximum atomic E-state index is 15.5. The zero-order valence-electron chi connectivity index (χ0n) is 16.8. The summed E-state index contributed by atoms with van der Waals surface area (Å²) >= 11 is 3.53. The average Bonchev–Trinajstić information content (AvgIpc) is 2.71. The zero-order chi connectivity index (χ0) is 19.8. The van der Waals surface area contributed by atoms with E-state index in [2.05, 4.69) is 15.9 Å². The number of ether oxygens (including phenoxy) is 1. The van der Waals surface area contributed by atoms with E-state index in [0.717, 1.165) is 10.0 Å². The van der Waals surface area contributed by atoms with Crippen molar-refractivity contribution in [2.24, 2.45) is 0 Å². The molecule has 3 nitrogen and oxygen atoms in total. The van der Waals surface area contributed by atoms with Crippen molar-refractivity contribution < 1.29 is 18.4 Å². The summed E-state index contributed by atoms with van der Waals surface area (Å²) in [6.07, 6.45) is 0.426. The molecule has 144 valence electrons. The topological polar surface area (TPSA) is 27.7 Å². The largest absolute Gasteiger partial charge is 0.525 e. The van der Waals surface area contributed by atoms with Crippen molar-refractivity contribution in [1.82, 2.24) is 0 Å². The van der Waals surface area contributed by atoms with Crippen LogP contribution < -0.4 is 0 Å². The number of benzene rings is 1. The molecule has 1 fully saturated rings. The van der Waals surface area contributed by atoms with E-state index in [-0.39, 0.29) is 5.60 Å². The zero-order valence-corrected chi connectivity index (χ0v) is 18.4. The predicted molar refractivity (Wildman–Crippen MR) is 109 cm³/mol. The van der Waals surface area contributed by atoms with Crippen molar-refractivity contribution in [3.63, 3.8) is 0 Å². The van der Waals surface area contributed by atoms with Crippen LogP contribution in [0.3, 0.4) is 0 Å². The smallest absolute Gasteiger partial charge is 0.398 e. The monoisotopic (exact) mass is 426 g/mol. The van der Waals surface area contributed by atoms with E-state index in [1.165, 1.54) is 0 Å². The summed E-state index contributed by atoms with van der Waals surface area (Å²) in [5.41, 5.74) is -0.517. The van der Waals surface area contributed by atoms with Crippen molar-refractivity contribution in [3.05, 3.63) is 40.0 Å². The molecular weight excluding hydrogens is 398 g/mol. The minimum absolute atomic E-state index is 0.278. The molecule has 1 aromatic rings. The van der Waals surface area contributed by atoms with Crippen LogP contribution in [-0.2, 0) is 14.0 Å². The second-order valence-corrected chi connectivity index (χ2v) is 9.46. The standard InChI is InChI=1S/C20H29BBrFO3/c1-18(2,3)24-13-12-15(14-10-8-9-11-16(14)22)17(23)21-25-19(4,5)20(6,7)26-21/h8-11H,12-13H2,1-7H3. The highest BCUT2D eigenvalue weighted by Crippen LogP contribution is 2.41. The van der Waals surface area contributed by atoms with Gasteiger partial charge in [-0.25, -0.2) is 4.39 Å². The van der Waals surface area contributed by atoms with Gasteiger partial charge in [-0.2, -0.15) is 0 Å². The van der Waals surface area contributed by atoms with Gasteiger partial charge in [0.25, 0.3) is 0 Å². The minimum Gasteiger partial charge on any atom is -0.398 e. The summed E-state index contributed by atoms with van der Waals surface area (Å²) in [6.45, 7) is 14.0. The second-order valence-electron chi connectivity index (χ2n) is 8.61. The van der Waals surface area contributed by atoms with Crippen LogP contribution in [0.5, 0.6) is 0 Å². The lowest BCUT2D eigenvalue weighted by molar-refractivity contribution is 0.000561. The number of rotatable bonds is 5. The van der Waals surface area contributed by atoms with Crippen molar-refractivity contribution >= 4 is 28.6 Å². The number of hydrogen-bond acceptors (Lipinski definition) is 3. The molecule has 0 aromatic heterocycles. The van der Waals surface area contributed by atoms with Crippen LogP contribution in [0.4, 0.5) is 4.39 Å². The van der Waals surface area contributed by atoms with E-state index in [4.69, 9.17) is 14.0 Å². The van der Waals surface area contributed by atoms with Crippen LogP contribution in [0, 0.1) is 0 Å². The van der Waals surface area contributed by atoms with E-state index in [9.17, 15) is 0 Å². The first-order chi connectivity index (χ1) is 11.8.